The van der Waals surface area contributed by atoms with Gasteiger partial charge in [-0.2, -0.15) is 0 Å². The Labute approximate surface area is 138 Å². The van der Waals surface area contributed by atoms with E-state index in [2.05, 4.69) is 15.3 Å². The number of nitro groups is 2. The first-order valence-electron chi connectivity index (χ1n) is 6.73. The third-order valence-electron chi connectivity index (χ3n) is 3.16. The minimum atomic E-state index is -1.37. The first-order chi connectivity index (χ1) is 11.8. The van der Waals surface area contributed by atoms with Crippen LogP contribution in [0.3, 0.4) is 0 Å². The molecule has 0 radical (unpaired) electrons. The summed E-state index contributed by atoms with van der Waals surface area (Å²) in [5.74, 6) is -2.34. The number of imidazole rings is 1. The Morgan fingerprint density at radius 1 is 1.20 bits per heavy atom. The molecule has 1 heterocycles. The molecule has 2 rings (SSSR count). The molecule has 1 aromatic heterocycles. The second kappa shape index (κ2) is 7.16. The summed E-state index contributed by atoms with van der Waals surface area (Å²) >= 11 is 0. The van der Waals surface area contributed by atoms with Crippen LogP contribution in [-0.4, -0.2) is 42.8 Å². The monoisotopic (exact) mass is 349 g/mol. The summed E-state index contributed by atoms with van der Waals surface area (Å²) in [6.07, 6.45) is 2.64. The average molecular weight is 349 g/mol. The van der Waals surface area contributed by atoms with E-state index in [0.717, 1.165) is 12.1 Å². The molecule has 0 fully saturated rings. The van der Waals surface area contributed by atoms with Crippen LogP contribution in [0.5, 0.6) is 0 Å². The van der Waals surface area contributed by atoms with Crippen molar-refractivity contribution in [3.8, 4) is 0 Å². The molecule has 12 nitrogen and oxygen atoms in total. The van der Waals surface area contributed by atoms with Crippen LogP contribution in [0.4, 0.5) is 11.4 Å². The third-order valence-corrected chi connectivity index (χ3v) is 3.16. The smallest absolute Gasteiger partial charge is 0.326 e. The van der Waals surface area contributed by atoms with E-state index in [4.69, 9.17) is 0 Å². The first-order valence-corrected chi connectivity index (χ1v) is 6.73. The molecule has 0 unspecified atom stereocenters. The van der Waals surface area contributed by atoms with Crippen LogP contribution >= 0.6 is 0 Å². The summed E-state index contributed by atoms with van der Waals surface area (Å²) in [4.78, 5) is 49.8. The van der Waals surface area contributed by atoms with Gasteiger partial charge in [0.1, 0.15) is 6.04 Å². The summed E-state index contributed by atoms with van der Waals surface area (Å²) in [7, 11) is 0. The van der Waals surface area contributed by atoms with E-state index in [-0.39, 0.29) is 6.42 Å². The Bertz CT molecular complexity index is 801. The molecule has 0 aliphatic rings. The number of amides is 1. The summed E-state index contributed by atoms with van der Waals surface area (Å²) in [6.45, 7) is 0. The molecule has 0 saturated carbocycles. The van der Waals surface area contributed by atoms with Crippen molar-refractivity contribution in [1.29, 1.82) is 0 Å². The van der Waals surface area contributed by atoms with Gasteiger partial charge in [0.2, 0.25) is 0 Å². The zero-order valence-corrected chi connectivity index (χ0v) is 12.4. The van der Waals surface area contributed by atoms with E-state index in [9.17, 15) is 34.9 Å². The standard InChI is InChI=1S/C13H11N5O7/c19-12(16-11(13(20)21)3-8-5-14-6-15-8)7-1-9(17(22)23)4-10(2-7)18(24)25/h1-2,4-6,11H,3H2,(H,14,15)(H,16,19)(H,20,21)/t11-/m0/s1. The van der Waals surface area contributed by atoms with Crippen LogP contribution in [-0.2, 0) is 11.2 Å². The number of nitro benzene ring substituents is 2. The van der Waals surface area contributed by atoms with Gasteiger partial charge in [0.15, 0.2) is 0 Å². The van der Waals surface area contributed by atoms with Gasteiger partial charge in [0, 0.05) is 24.8 Å². The SMILES string of the molecule is O=C(N[C@@H](Cc1c[nH]cn1)C(=O)O)c1cc([N+](=O)[O-])cc([N+](=O)[O-])c1. The number of rotatable bonds is 7. The number of nitrogens with zero attached hydrogens (tertiary/aromatic N) is 3. The number of hydrogen-bond donors (Lipinski definition) is 3. The second-order valence-electron chi connectivity index (χ2n) is 4.88. The number of aromatic amines is 1. The maximum atomic E-state index is 12.2. The summed E-state index contributed by atoms with van der Waals surface area (Å²) in [6, 6.07) is 0.995. The van der Waals surface area contributed by atoms with Crippen LogP contribution in [0.15, 0.2) is 30.7 Å². The lowest BCUT2D eigenvalue weighted by Crippen LogP contribution is -2.42. The van der Waals surface area contributed by atoms with E-state index >= 15 is 0 Å². The maximum Gasteiger partial charge on any atom is 0.326 e. The number of nitrogens with one attached hydrogen (secondary N) is 2. The highest BCUT2D eigenvalue weighted by molar-refractivity contribution is 5.97. The molecule has 130 valence electrons. The Morgan fingerprint density at radius 3 is 2.24 bits per heavy atom. The first kappa shape index (κ1) is 17.5. The molecule has 0 aliphatic carbocycles. The van der Waals surface area contributed by atoms with E-state index in [1.807, 2.05) is 0 Å². The molecule has 0 spiro atoms. The number of aromatic nitrogens is 2. The summed E-state index contributed by atoms with van der Waals surface area (Å²) < 4.78 is 0. The average Bonchev–Trinajstić information content (AvgIpc) is 3.06. The number of carboxylic acids is 1. The van der Waals surface area contributed by atoms with Gasteiger partial charge < -0.3 is 15.4 Å². The fourth-order valence-corrected chi connectivity index (χ4v) is 1.99. The normalized spacial score (nSPS) is 11.5. The van der Waals surface area contributed by atoms with Crippen molar-refractivity contribution in [3.63, 3.8) is 0 Å². The Morgan fingerprint density at radius 2 is 1.80 bits per heavy atom. The lowest BCUT2D eigenvalue weighted by atomic mass is 10.1. The van der Waals surface area contributed by atoms with Crippen molar-refractivity contribution < 1.29 is 24.5 Å². The largest absolute Gasteiger partial charge is 0.480 e. The highest BCUT2D eigenvalue weighted by Gasteiger charge is 2.25. The summed E-state index contributed by atoms with van der Waals surface area (Å²) in [5, 5.41) is 33.0. The minimum absolute atomic E-state index is 0.137. The number of carbonyl (C=O) groups excluding carboxylic acids is 1. The number of benzene rings is 1. The number of carboxylic acid groups (broad SMARTS) is 1. The Balaban J connectivity index is 2.27. The fourth-order valence-electron chi connectivity index (χ4n) is 1.99. The molecule has 2 aromatic rings. The number of non-ortho nitro benzene ring substituents is 2. The molecule has 1 aromatic carbocycles. The van der Waals surface area contributed by atoms with E-state index in [1.165, 1.54) is 12.5 Å². The molecule has 0 aliphatic heterocycles. The van der Waals surface area contributed by atoms with Crippen molar-refractivity contribution >= 4 is 23.3 Å². The van der Waals surface area contributed by atoms with Crippen molar-refractivity contribution in [2.24, 2.45) is 0 Å². The predicted octanol–water partition coefficient (Wildman–Crippen LogP) is 0.652. The van der Waals surface area contributed by atoms with Crippen molar-refractivity contribution in [1.82, 2.24) is 15.3 Å². The van der Waals surface area contributed by atoms with Crippen LogP contribution in [0.2, 0.25) is 0 Å². The third kappa shape index (κ3) is 4.34. The fraction of sp³-hybridized carbons (Fsp3) is 0.154. The zero-order valence-electron chi connectivity index (χ0n) is 12.4. The van der Waals surface area contributed by atoms with Crippen molar-refractivity contribution in [2.75, 3.05) is 0 Å². The molecular weight excluding hydrogens is 338 g/mol. The van der Waals surface area contributed by atoms with Crippen LogP contribution in [0.1, 0.15) is 16.1 Å². The van der Waals surface area contributed by atoms with Gasteiger partial charge in [-0.3, -0.25) is 25.0 Å². The second-order valence-corrected chi connectivity index (χ2v) is 4.88. The number of aliphatic carboxylic acids is 1. The molecule has 3 N–H and O–H groups in total. The zero-order chi connectivity index (χ0) is 18.6. The van der Waals surface area contributed by atoms with Gasteiger partial charge in [0.05, 0.1) is 33.5 Å². The minimum Gasteiger partial charge on any atom is -0.480 e. The van der Waals surface area contributed by atoms with Crippen LogP contribution in [0.25, 0.3) is 0 Å². The topological polar surface area (TPSA) is 181 Å². The van der Waals surface area contributed by atoms with E-state index in [1.54, 1.807) is 0 Å². The molecule has 0 saturated heterocycles. The molecule has 1 atom stereocenters. The molecule has 25 heavy (non-hydrogen) atoms. The lowest BCUT2D eigenvalue weighted by Gasteiger charge is -2.13. The van der Waals surface area contributed by atoms with Crippen LogP contribution < -0.4 is 5.32 Å². The highest BCUT2D eigenvalue weighted by atomic mass is 16.6. The Hall–Kier alpha value is -3.83. The van der Waals surface area contributed by atoms with Crippen molar-refractivity contribution in [2.45, 2.75) is 12.5 Å². The van der Waals surface area contributed by atoms with E-state index in [0.29, 0.717) is 11.8 Å². The molecule has 12 heteroatoms. The maximum absolute atomic E-state index is 12.2. The van der Waals surface area contributed by atoms with E-state index < -0.39 is 44.7 Å². The quantitative estimate of drug-likeness (QED) is 0.481. The lowest BCUT2D eigenvalue weighted by molar-refractivity contribution is -0.394. The molecule has 0 bridgehead atoms. The van der Waals surface area contributed by atoms with Crippen LogP contribution in [0, 0.1) is 20.2 Å². The van der Waals surface area contributed by atoms with Crippen molar-refractivity contribution in [3.05, 3.63) is 62.2 Å². The number of H-pyrrole nitrogens is 1. The highest BCUT2D eigenvalue weighted by Crippen LogP contribution is 2.22. The Kier molecular flexibility index (Phi) is 5.02. The number of carbonyl (C=O) groups is 2. The number of hydrogen-bond acceptors (Lipinski definition) is 7. The summed E-state index contributed by atoms with van der Waals surface area (Å²) in [5.41, 5.74) is -1.33. The van der Waals surface area contributed by atoms with Gasteiger partial charge >= 0.3 is 5.97 Å². The molecular formula is C13H11N5O7. The van der Waals surface area contributed by atoms with Gasteiger partial charge in [-0.1, -0.05) is 0 Å². The van der Waals surface area contributed by atoms with Gasteiger partial charge in [-0.05, 0) is 0 Å². The van der Waals surface area contributed by atoms with Gasteiger partial charge in [-0.15, -0.1) is 0 Å². The predicted molar refractivity (Wildman–Crippen MR) is 80.9 cm³/mol. The molecule has 1 amide bonds. The van der Waals surface area contributed by atoms with Gasteiger partial charge in [-0.25, -0.2) is 9.78 Å². The van der Waals surface area contributed by atoms with Gasteiger partial charge in [0.25, 0.3) is 17.3 Å².